The first-order valence-electron chi connectivity index (χ1n) is 7.61. The molecule has 25 heavy (non-hydrogen) atoms. The molecule has 1 aromatic carbocycles. The number of nitrogens with one attached hydrogen (secondary N) is 1. The molecule has 0 saturated heterocycles. The Hall–Kier alpha value is -1.87. The van der Waals surface area contributed by atoms with Crippen molar-refractivity contribution in [1.29, 1.82) is 0 Å². The molecule has 1 rings (SSSR count). The van der Waals surface area contributed by atoms with Crippen molar-refractivity contribution in [2.75, 3.05) is 12.9 Å². The molecule has 0 aromatic heterocycles. The molecule has 1 aromatic rings. The first-order chi connectivity index (χ1) is 11.4. The van der Waals surface area contributed by atoms with Crippen LogP contribution in [-0.2, 0) is 25.6 Å². The summed E-state index contributed by atoms with van der Waals surface area (Å²) in [5.74, 6) is -0.276. The molecule has 0 aliphatic heterocycles. The van der Waals surface area contributed by atoms with Gasteiger partial charge in [-0.05, 0) is 45.9 Å². The summed E-state index contributed by atoms with van der Waals surface area (Å²) >= 11 is 0. The summed E-state index contributed by atoms with van der Waals surface area (Å²) in [4.78, 5) is 11.7. The zero-order chi connectivity index (χ0) is 19.3. The van der Waals surface area contributed by atoms with Gasteiger partial charge in [0.2, 0.25) is 0 Å². The zero-order valence-electron chi connectivity index (χ0n) is 15.0. The van der Waals surface area contributed by atoms with Gasteiger partial charge >= 0.3 is 6.09 Å². The number of hydrogen-bond acceptors (Lipinski definition) is 6. The molecule has 0 bridgehead atoms. The van der Waals surface area contributed by atoms with Crippen LogP contribution >= 0.6 is 0 Å². The minimum absolute atomic E-state index is 0.0801. The summed E-state index contributed by atoms with van der Waals surface area (Å²) < 4.78 is 50.9. The van der Waals surface area contributed by atoms with Crippen molar-refractivity contribution in [3.8, 4) is 5.75 Å². The number of alkyl carbamates (subject to hydrolysis) is 1. The third kappa shape index (κ3) is 9.25. The van der Waals surface area contributed by atoms with Crippen LogP contribution in [-0.4, -0.2) is 39.0 Å². The highest BCUT2D eigenvalue weighted by molar-refractivity contribution is 7.85. The number of rotatable bonds is 7. The zero-order valence-corrected chi connectivity index (χ0v) is 15.8. The second-order valence-corrected chi connectivity index (χ2v) is 8.22. The Morgan fingerprint density at radius 2 is 1.96 bits per heavy atom. The van der Waals surface area contributed by atoms with Crippen molar-refractivity contribution in [3.05, 3.63) is 29.6 Å². The number of benzene rings is 1. The summed E-state index contributed by atoms with van der Waals surface area (Å²) in [6.45, 7) is 6.69. The predicted octanol–water partition coefficient (Wildman–Crippen LogP) is 2.59. The Labute approximate surface area is 147 Å². The predicted molar refractivity (Wildman–Crippen MR) is 90.4 cm³/mol. The van der Waals surface area contributed by atoms with Crippen molar-refractivity contribution in [2.24, 2.45) is 0 Å². The van der Waals surface area contributed by atoms with Gasteiger partial charge in [-0.2, -0.15) is 8.42 Å². The first kappa shape index (κ1) is 21.2. The van der Waals surface area contributed by atoms with Crippen LogP contribution in [0.4, 0.5) is 9.18 Å². The molecule has 0 heterocycles. The quantitative estimate of drug-likeness (QED) is 0.735. The molecule has 1 N–H and O–H groups in total. The summed E-state index contributed by atoms with van der Waals surface area (Å²) in [5.41, 5.74) is -0.368. The van der Waals surface area contributed by atoms with E-state index in [2.05, 4.69) is 9.50 Å². The highest BCUT2D eigenvalue weighted by Crippen LogP contribution is 2.21. The fourth-order valence-corrected chi connectivity index (χ4v) is 2.08. The molecule has 9 heteroatoms. The van der Waals surface area contributed by atoms with E-state index in [0.29, 0.717) is 0 Å². The SMILES string of the molecule is C[C@H](COc1ccc(F)cc1COS(C)(=O)=O)NC(=O)OC(C)(C)C. The lowest BCUT2D eigenvalue weighted by atomic mass is 10.2. The number of ether oxygens (including phenoxy) is 2. The van der Waals surface area contributed by atoms with E-state index in [0.717, 1.165) is 12.3 Å². The number of hydrogen-bond donors (Lipinski definition) is 1. The molecule has 0 saturated carbocycles. The Morgan fingerprint density at radius 1 is 1.32 bits per heavy atom. The lowest BCUT2D eigenvalue weighted by Gasteiger charge is -2.22. The van der Waals surface area contributed by atoms with Crippen molar-refractivity contribution in [2.45, 2.75) is 45.9 Å². The molecule has 0 fully saturated rings. The van der Waals surface area contributed by atoms with Gasteiger partial charge in [0.1, 0.15) is 23.8 Å². The number of halogens is 1. The summed E-state index contributed by atoms with van der Waals surface area (Å²) in [6, 6.07) is 3.30. The highest BCUT2D eigenvalue weighted by Gasteiger charge is 2.18. The van der Waals surface area contributed by atoms with Crippen molar-refractivity contribution >= 4 is 16.2 Å². The molecular weight excluding hydrogens is 353 g/mol. The highest BCUT2D eigenvalue weighted by atomic mass is 32.2. The fraction of sp³-hybridized carbons (Fsp3) is 0.562. The first-order valence-corrected chi connectivity index (χ1v) is 9.42. The molecular formula is C16H24FNO6S. The maximum absolute atomic E-state index is 13.4. The normalized spacial score (nSPS) is 13.2. The monoisotopic (exact) mass is 377 g/mol. The van der Waals surface area contributed by atoms with Gasteiger partial charge in [0.25, 0.3) is 10.1 Å². The van der Waals surface area contributed by atoms with E-state index in [9.17, 15) is 17.6 Å². The van der Waals surface area contributed by atoms with Gasteiger partial charge < -0.3 is 14.8 Å². The minimum Gasteiger partial charge on any atom is -0.491 e. The average Bonchev–Trinajstić information content (AvgIpc) is 2.41. The smallest absolute Gasteiger partial charge is 0.407 e. The molecule has 0 spiro atoms. The van der Waals surface area contributed by atoms with E-state index in [1.807, 2.05) is 0 Å². The van der Waals surface area contributed by atoms with E-state index in [1.54, 1.807) is 27.7 Å². The van der Waals surface area contributed by atoms with Gasteiger partial charge in [-0.25, -0.2) is 9.18 Å². The Bertz CT molecular complexity index is 699. The Morgan fingerprint density at radius 3 is 2.52 bits per heavy atom. The lowest BCUT2D eigenvalue weighted by Crippen LogP contribution is -2.40. The molecule has 0 unspecified atom stereocenters. The summed E-state index contributed by atoms with van der Waals surface area (Å²) in [5, 5.41) is 2.61. The summed E-state index contributed by atoms with van der Waals surface area (Å²) in [6.07, 6.45) is 0.322. The maximum Gasteiger partial charge on any atom is 0.407 e. The van der Waals surface area contributed by atoms with Gasteiger partial charge in [0.15, 0.2) is 0 Å². The second-order valence-electron chi connectivity index (χ2n) is 6.58. The number of amides is 1. The van der Waals surface area contributed by atoms with Crippen molar-refractivity contribution in [3.63, 3.8) is 0 Å². The van der Waals surface area contributed by atoms with Crippen molar-refractivity contribution < 1.29 is 31.3 Å². The Balaban J connectivity index is 2.65. The molecule has 142 valence electrons. The largest absolute Gasteiger partial charge is 0.491 e. The molecule has 1 amide bonds. The lowest BCUT2D eigenvalue weighted by molar-refractivity contribution is 0.0493. The molecule has 1 atom stereocenters. The van der Waals surface area contributed by atoms with Crippen LogP contribution in [0.3, 0.4) is 0 Å². The van der Waals surface area contributed by atoms with Crippen LogP contribution in [0.25, 0.3) is 0 Å². The van der Waals surface area contributed by atoms with Crippen LogP contribution in [0.2, 0.25) is 0 Å². The van der Waals surface area contributed by atoms with Crippen LogP contribution in [0.5, 0.6) is 5.75 Å². The fourth-order valence-electron chi connectivity index (χ4n) is 1.74. The van der Waals surface area contributed by atoms with E-state index < -0.39 is 27.6 Å². The van der Waals surface area contributed by atoms with E-state index in [4.69, 9.17) is 9.47 Å². The average molecular weight is 377 g/mol. The van der Waals surface area contributed by atoms with Crippen molar-refractivity contribution in [1.82, 2.24) is 5.32 Å². The number of carbonyl (C=O) groups is 1. The van der Waals surface area contributed by atoms with Gasteiger partial charge in [0, 0.05) is 5.56 Å². The van der Waals surface area contributed by atoms with Gasteiger partial charge in [-0.3, -0.25) is 4.18 Å². The van der Waals surface area contributed by atoms with Crippen LogP contribution in [0.1, 0.15) is 33.3 Å². The number of carbonyl (C=O) groups excluding carboxylic acids is 1. The van der Waals surface area contributed by atoms with E-state index >= 15 is 0 Å². The molecule has 0 aliphatic carbocycles. The van der Waals surface area contributed by atoms with Crippen LogP contribution in [0.15, 0.2) is 18.2 Å². The molecule has 0 radical (unpaired) electrons. The molecule has 0 aliphatic rings. The standard InChI is InChI=1S/C16H24FNO6S/c1-11(18-15(19)24-16(2,3)4)9-22-14-7-6-13(17)8-12(14)10-23-25(5,20)21/h6-8,11H,9-10H2,1-5H3,(H,18,19)/t11-/m1/s1. The van der Waals surface area contributed by atoms with Gasteiger partial charge in [0.05, 0.1) is 18.9 Å². The molecule has 7 nitrogen and oxygen atoms in total. The van der Waals surface area contributed by atoms with E-state index in [-0.39, 0.29) is 30.6 Å². The van der Waals surface area contributed by atoms with Crippen LogP contribution < -0.4 is 10.1 Å². The minimum atomic E-state index is -3.67. The van der Waals surface area contributed by atoms with Gasteiger partial charge in [-0.15, -0.1) is 0 Å². The van der Waals surface area contributed by atoms with Gasteiger partial charge in [-0.1, -0.05) is 0 Å². The summed E-state index contributed by atoms with van der Waals surface area (Å²) in [7, 11) is -3.67. The third-order valence-corrected chi connectivity index (χ3v) is 3.25. The second kappa shape index (κ2) is 8.48. The third-order valence-electron chi connectivity index (χ3n) is 2.70. The topological polar surface area (TPSA) is 90.9 Å². The maximum atomic E-state index is 13.4. The Kier molecular flexibility index (Phi) is 7.18. The van der Waals surface area contributed by atoms with Crippen LogP contribution in [0, 0.1) is 5.82 Å². The van der Waals surface area contributed by atoms with E-state index in [1.165, 1.54) is 12.1 Å².